The number of carbonyl (C=O) groups excluding carboxylic acids is 1. The quantitative estimate of drug-likeness (QED) is 0.711. The Hall–Kier alpha value is -2.32. The predicted molar refractivity (Wildman–Crippen MR) is 71.2 cm³/mol. The summed E-state index contributed by atoms with van der Waals surface area (Å²) in [4.78, 5) is 23.7. The van der Waals surface area contributed by atoms with Gasteiger partial charge in [-0.2, -0.15) is 0 Å². The number of aliphatic carboxylic acids is 1. The van der Waals surface area contributed by atoms with Gasteiger partial charge in [0.15, 0.2) is 0 Å². The molecule has 0 radical (unpaired) electrons. The highest BCUT2D eigenvalue weighted by Crippen LogP contribution is 2.04. The molecule has 1 atom stereocenters. The van der Waals surface area contributed by atoms with Crippen LogP contribution in [0.15, 0.2) is 30.3 Å². The molecule has 5 heteroatoms. The fraction of sp³-hybridized carbons (Fsp3) is 0.286. The van der Waals surface area contributed by atoms with E-state index in [1.54, 1.807) is 0 Å². The topological polar surface area (TPSA) is 83.6 Å². The minimum absolute atomic E-state index is 0.0619. The van der Waals surface area contributed by atoms with Gasteiger partial charge in [0.2, 0.25) is 5.91 Å². The largest absolute Gasteiger partial charge is 0.480 e. The third kappa shape index (κ3) is 4.82. The van der Waals surface area contributed by atoms with E-state index >= 15 is 0 Å². The smallest absolute Gasteiger partial charge is 0.323 e. The van der Waals surface area contributed by atoms with Crippen LogP contribution < -0.4 is 5.73 Å². The molecule has 0 heterocycles. The van der Waals surface area contributed by atoms with E-state index in [2.05, 4.69) is 5.92 Å². The maximum atomic E-state index is 12.0. The molecule has 0 saturated heterocycles. The molecule has 1 aromatic carbocycles. The zero-order valence-electron chi connectivity index (χ0n) is 10.5. The van der Waals surface area contributed by atoms with Crippen LogP contribution in [0.2, 0.25) is 0 Å². The second kappa shape index (κ2) is 7.19. The number of carboxylic acid groups (broad SMARTS) is 1. The zero-order valence-corrected chi connectivity index (χ0v) is 10.5. The molecule has 1 unspecified atom stereocenters. The maximum Gasteiger partial charge on any atom is 0.323 e. The summed E-state index contributed by atoms with van der Waals surface area (Å²) in [7, 11) is 0. The van der Waals surface area contributed by atoms with Crippen LogP contribution >= 0.6 is 0 Å². The normalized spacial score (nSPS) is 11.4. The molecule has 100 valence electrons. The molecule has 0 aromatic heterocycles. The second-order valence-corrected chi connectivity index (χ2v) is 4.09. The molecule has 0 aliphatic rings. The Morgan fingerprint density at radius 1 is 1.37 bits per heavy atom. The number of rotatable bonds is 6. The summed E-state index contributed by atoms with van der Waals surface area (Å²) in [5.41, 5.74) is 6.72. The summed E-state index contributed by atoms with van der Waals surface area (Å²) < 4.78 is 0. The first-order chi connectivity index (χ1) is 9.04. The van der Waals surface area contributed by atoms with Crippen molar-refractivity contribution in [3.8, 4) is 12.3 Å². The number of carboxylic acids is 1. The molecule has 1 amide bonds. The van der Waals surface area contributed by atoms with Crippen molar-refractivity contribution in [1.82, 2.24) is 4.90 Å². The summed E-state index contributed by atoms with van der Waals surface area (Å²) in [5, 5.41) is 8.73. The Labute approximate surface area is 112 Å². The summed E-state index contributed by atoms with van der Waals surface area (Å²) in [5.74, 6) is 0.689. The van der Waals surface area contributed by atoms with Crippen molar-refractivity contribution >= 4 is 11.9 Å². The molecule has 0 saturated carbocycles. The highest BCUT2D eigenvalue weighted by atomic mass is 16.4. The highest BCUT2D eigenvalue weighted by Gasteiger charge is 2.22. The standard InChI is InChI=1S/C14H16N2O3/c1-2-8-16(10-13(17)18)14(19)12(15)9-11-6-4-3-5-7-11/h1,3-7,12H,8-10,15H2,(H,17,18). The molecule has 19 heavy (non-hydrogen) atoms. The number of carbonyl (C=O) groups is 2. The number of nitrogens with two attached hydrogens (primary N) is 1. The minimum atomic E-state index is -1.12. The van der Waals surface area contributed by atoms with Gasteiger partial charge in [-0.3, -0.25) is 9.59 Å². The van der Waals surface area contributed by atoms with Crippen molar-refractivity contribution < 1.29 is 14.7 Å². The third-order valence-corrected chi connectivity index (χ3v) is 2.54. The molecule has 5 nitrogen and oxygen atoms in total. The molecular weight excluding hydrogens is 244 g/mol. The number of amides is 1. The fourth-order valence-electron chi connectivity index (χ4n) is 1.68. The first kappa shape index (κ1) is 14.7. The summed E-state index contributed by atoms with van der Waals surface area (Å²) in [6, 6.07) is 8.49. The molecule has 0 spiro atoms. The predicted octanol–water partition coefficient (Wildman–Crippen LogP) is 0.103. The number of nitrogens with zero attached hydrogens (tertiary/aromatic N) is 1. The Bertz CT molecular complexity index is 479. The summed E-state index contributed by atoms with van der Waals surface area (Å²) >= 11 is 0. The van der Waals surface area contributed by atoms with Gasteiger partial charge >= 0.3 is 5.97 Å². The number of hydrogen-bond acceptors (Lipinski definition) is 3. The number of hydrogen-bond donors (Lipinski definition) is 2. The van der Waals surface area contributed by atoms with Crippen LogP contribution in [0.4, 0.5) is 0 Å². The van der Waals surface area contributed by atoms with Crippen molar-refractivity contribution in [3.05, 3.63) is 35.9 Å². The van der Waals surface area contributed by atoms with Crippen LogP contribution in [0.25, 0.3) is 0 Å². The monoisotopic (exact) mass is 260 g/mol. The molecular formula is C14H16N2O3. The first-order valence-electron chi connectivity index (χ1n) is 5.78. The molecule has 0 aliphatic carbocycles. The van der Waals surface area contributed by atoms with Gasteiger partial charge in [-0.05, 0) is 12.0 Å². The van der Waals surface area contributed by atoms with E-state index in [9.17, 15) is 9.59 Å². The van der Waals surface area contributed by atoms with E-state index in [4.69, 9.17) is 17.3 Å². The van der Waals surface area contributed by atoms with Crippen molar-refractivity contribution in [2.75, 3.05) is 13.1 Å². The maximum absolute atomic E-state index is 12.0. The SMILES string of the molecule is C#CCN(CC(=O)O)C(=O)C(N)Cc1ccccc1. The van der Waals surface area contributed by atoms with Gasteiger partial charge in [0.05, 0.1) is 12.6 Å². The van der Waals surface area contributed by atoms with Gasteiger partial charge in [0.1, 0.15) is 6.54 Å². The molecule has 0 aliphatic heterocycles. The van der Waals surface area contributed by atoms with E-state index in [-0.39, 0.29) is 6.54 Å². The molecule has 3 N–H and O–H groups in total. The van der Waals surface area contributed by atoms with E-state index in [0.29, 0.717) is 6.42 Å². The van der Waals surface area contributed by atoms with Crippen LogP contribution in [0.1, 0.15) is 5.56 Å². The van der Waals surface area contributed by atoms with Crippen molar-refractivity contribution in [3.63, 3.8) is 0 Å². The average Bonchev–Trinajstić information content (AvgIpc) is 2.38. The fourth-order valence-corrected chi connectivity index (χ4v) is 1.68. The lowest BCUT2D eigenvalue weighted by Gasteiger charge is -2.22. The van der Waals surface area contributed by atoms with Gasteiger partial charge < -0.3 is 15.7 Å². The average molecular weight is 260 g/mol. The Kier molecular flexibility index (Phi) is 5.58. The van der Waals surface area contributed by atoms with E-state index < -0.39 is 24.5 Å². The third-order valence-electron chi connectivity index (χ3n) is 2.54. The minimum Gasteiger partial charge on any atom is -0.480 e. The second-order valence-electron chi connectivity index (χ2n) is 4.09. The van der Waals surface area contributed by atoms with Crippen molar-refractivity contribution in [2.45, 2.75) is 12.5 Å². The van der Waals surface area contributed by atoms with Crippen LogP contribution in [0.3, 0.4) is 0 Å². The van der Waals surface area contributed by atoms with Crippen LogP contribution in [0, 0.1) is 12.3 Å². The van der Waals surface area contributed by atoms with Gasteiger partial charge in [-0.15, -0.1) is 6.42 Å². The Balaban J connectivity index is 2.68. The molecule has 1 rings (SSSR count). The van der Waals surface area contributed by atoms with Crippen LogP contribution in [0.5, 0.6) is 0 Å². The zero-order chi connectivity index (χ0) is 14.3. The van der Waals surface area contributed by atoms with Crippen LogP contribution in [-0.2, 0) is 16.0 Å². The van der Waals surface area contributed by atoms with Crippen molar-refractivity contribution in [2.24, 2.45) is 5.73 Å². The Morgan fingerprint density at radius 2 is 2.00 bits per heavy atom. The van der Waals surface area contributed by atoms with E-state index in [1.165, 1.54) is 0 Å². The lowest BCUT2D eigenvalue weighted by atomic mass is 10.1. The van der Waals surface area contributed by atoms with Gasteiger partial charge in [-0.1, -0.05) is 36.3 Å². The summed E-state index contributed by atoms with van der Waals surface area (Å²) in [6.45, 7) is -0.501. The lowest BCUT2D eigenvalue weighted by molar-refractivity contribution is -0.144. The summed E-state index contributed by atoms with van der Waals surface area (Å²) in [6.07, 6.45) is 5.47. The molecule has 0 bridgehead atoms. The van der Waals surface area contributed by atoms with Crippen molar-refractivity contribution in [1.29, 1.82) is 0 Å². The lowest BCUT2D eigenvalue weighted by Crippen LogP contribution is -2.47. The highest BCUT2D eigenvalue weighted by molar-refractivity contribution is 5.85. The van der Waals surface area contributed by atoms with E-state index in [0.717, 1.165) is 10.5 Å². The number of benzene rings is 1. The number of terminal acetylenes is 1. The van der Waals surface area contributed by atoms with Gasteiger partial charge in [-0.25, -0.2) is 0 Å². The van der Waals surface area contributed by atoms with Gasteiger partial charge in [0.25, 0.3) is 0 Å². The Morgan fingerprint density at radius 3 is 2.53 bits per heavy atom. The van der Waals surface area contributed by atoms with Gasteiger partial charge in [0, 0.05) is 0 Å². The molecule has 0 fully saturated rings. The molecule has 1 aromatic rings. The van der Waals surface area contributed by atoms with E-state index in [1.807, 2.05) is 30.3 Å². The van der Waals surface area contributed by atoms with Crippen LogP contribution in [-0.4, -0.2) is 41.0 Å². The first-order valence-corrected chi connectivity index (χ1v) is 5.78.